The van der Waals surface area contributed by atoms with Crippen molar-refractivity contribution in [1.82, 2.24) is 15.0 Å². The van der Waals surface area contributed by atoms with Crippen LogP contribution in [0.2, 0.25) is 4.34 Å². The molecule has 4 rings (SSSR count). The number of rotatable bonds is 8. The largest absolute Gasteiger partial charge is 0.449 e. The Balaban J connectivity index is 1.36. The fourth-order valence-corrected chi connectivity index (χ4v) is 7.73. The van der Waals surface area contributed by atoms with Gasteiger partial charge in [-0.15, -0.1) is 11.3 Å². The number of hydrogen-bond acceptors (Lipinski definition) is 6. The number of pyridine rings is 1. The Morgan fingerprint density at radius 2 is 2.13 bits per heavy atom. The summed E-state index contributed by atoms with van der Waals surface area (Å²) in [6, 6.07) is 8.53. The highest BCUT2D eigenvalue weighted by Crippen LogP contribution is 2.52. The van der Waals surface area contributed by atoms with Gasteiger partial charge >= 0.3 is 6.09 Å². The van der Waals surface area contributed by atoms with Crippen molar-refractivity contribution in [3.8, 4) is 0 Å². The van der Waals surface area contributed by atoms with Crippen LogP contribution in [0, 0.1) is 11.3 Å². The summed E-state index contributed by atoms with van der Waals surface area (Å²) in [5, 5.41) is 2.76. The Hall–Kier alpha value is -1.68. The Labute approximate surface area is 191 Å². The SMILES string of the molecule is O=C(NCCc1ccccn1)OCC12CCCC(CC1)C2NS(=O)(=O)c1ccc(Cl)s1. The molecule has 10 heteroatoms. The van der Waals surface area contributed by atoms with Crippen molar-refractivity contribution < 1.29 is 17.9 Å². The number of amides is 1. The number of alkyl carbamates (subject to hydrolysis) is 1. The number of hydrogen-bond donors (Lipinski definition) is 2. The molecule has 0 spiro atoms. The molecule has 2 aromatic heterocycles. The summed E-state index contributed by atoms with van der Waals surface area (Å²) in [6.07, 6.45) is 6.47. The Morgan fingerprint density at radius 1 is 1.26 bits per heavy atom. The molecule has 31 heavy (non-hydrogen) atoms. The maximum atomic E-state index is 12.9. The molecule has 0 saturated heterocycles. The third-order valence-corrected chi connectivity index (χ3v) is 9.52. The standard InChI is InChI=1S/C21H26ClN3O4S2/c22-17-6-7-18(30-17)31(27,28)25-19-15-4-3-10-21(19,11-8-15)14-29-20(26)24-13-9-16-5-1-2-12-23-16/h1-2,5-7,12,15,19,25H,3-4,8-11,13-14H2,(H,24,26). The average molecular weight is 484 g/mol. The molecule has 3 unspecified atom stereocenters. The highest BCUT2D eigenvalue weighted by molar-refractivity contribution is 7.91. The first-order chi connectivity index (χ1) is 14.9. The van der Waals surface area contributed by atoms with Crippen LogP contribution < -0.4 is 10.0 Å². The predicted molar refractivity (Wildman–Crippen MR) is 120 cm³/mol. The summed E-state index contributed by atoms with van der Waals surface area (Å²) in [4.78, 5) is 16.5. The van der Waals surface area contributed by atoms with Crippen molar-refractivity contribution in [3.63, 3.8) is 0 Å². The van der Waals surface area contributed by atoms with Gasteiger partial charge in [-0.2, -0.15) is 0 Å². The third-order valence-electron chi connectivity index (χ3n) is 6.36. The van der Waals surface area contributed by atoms with Crippen LogP contribution in [0.1, 0.15) is 37.8 Å². The first kappa shape index (κ1) is 22.5. The van der Waals surface area contributed by atoms with Crippen LogP contribution in [0.5, 0.6) is 0 Å². The minimum Gasteiger partial charge on any atom is -0.449 e. The second kappa shape index (κ2) is 9.44. The molecule has 0 aliphatic heterocycles. The molecule has 2 N–H and O–H groups in total. The van der Waals surface area contributed by atoms with Crippen molar-refractivity contribution in [2.45, 2.75) is 48.8 Å². The van der Waals surface area contributed by atoms with Gasteiger partial charge in [-0.3, -0.25) is 4.98 Å². The lowest BCUT2D eigenvalue weighted by Gasteiger charge is -2.40. The van der Waals surface area contributed by atoms with Crippen LogP contribution >= 0.6 is 22.9 Å². The van der Waals surface area contributed by atoms with Gasteiger partial charge in [0.25, 0.3) is 0 Å². The van der Waals surface area contributed by atoms with Gasteiger partial charge in [0.2, 0.25) is 10.0 Å². The first-order valence-electron chi connectivity index (χ1n) is 10.5. The van der Waals surface area contributed by atoms with Crippen molar-refractivity contribution >= 4 is 39.1 Å². The van der Waals surface area contributed by atoms with E-state index in [-0.39, 0.29) is 28.2 Å². The summed E-state index contributed by atoms with van der Waals surface area (Å²) in [6.45, 7) is 0.637. The van der Waals surface area contributed by atoms with Crippen molar-refractivity contribution in [3.05, 3.63) is 46.6 Å². The third kappa shape index (κ3) is 5.22. The minimum atomic E-state index is -3.67. The molecular formula is C21H26ClN3O4S2. The molecule has 2 aliphatic carbocycles. The second-order valence-electron chi connectivity index (χ2n) is 8.28. The number of nitrogens with zero attached hydrogens (tertiary/aromatic N) is 1. The zero-order chi connectivity index (χ0) is 21.9. The lowest BCUT2D eigenvalue weighted by Crippen LogP contribution is -2.52. The number of sulfonamides is 1. The van der Waals surface area contributed by atoms with Gasteiger partial charge in [0.05, 0.1) is 4.34 Å². The molecule has 2 saturated carbocycles. The van der Waals surface area contributed by atoms with Gasteiger partial charge in [0, 0.05) is 36.3 Å². The summed E-state index contributed by atoms with van der Waals surface area (Å²) in [7, 11) is -3.67. The van der Waals surface area contributed by atoms with E-state index in [1.165, 1.54) is 6.07 Å². The fraction of sp³-hybridized carbons (Fsp3) is 0.524. The molecule has 3 atom stereocenters. The molecule has 168 valence electrons. The number of carbonyl (C=O) groups is 1. The summed E-state index contributed by atoms with van der Waals surface area (Å²) in [5.41, 5.74) is 0.533. The number of nitrogens with one attached hydrogen (secondary N) is 2. The molecule has 7 nitrogen and oxygen atoms in total. The molecule has 2 heterocycles. The van der Waals surface area contributed by atoms with E-state index in [9.17, 15) is 13.2 Å². The molecule has 2 bridgehead atoms. The Morgan fingerprint density at radius 3 is 2.87 bits per heavy atom. The summed E-state index contributed by atoms with van der Waals surface area (Å²) >= 11 is 6.97. The van der Waals surface area contributed by atoms with Gasteiger partial charge in [-0.1, -0.05) is 24.1 Å². The number of carbonyl (C=O) groups excluding carboxylic acids is 1. The number of thiophene rings is 1. The van der Waals surface area contributed by atoms with Crippen molar-refractivity contribution in [1.29, 1.82) is 0 Å². The van der Waals surface area contributed by atoms with Crippen LogP contribution in [0.15, 0.2) is 40.7 Å². The van der Waals surface area contributed by atoms with E-state index in [1.807, 2.05) is 18.2 Å². The van der Waals surface area contributed by atoms with E-state index in [4.69, 9.17) is 16.3 Å². The lowest BCUT2D eigenvalue weighted by atomic mass is 9.72. The van der Waals surface area contributed by atoms with E-state index < -0.39 is 16.1 Å². The lowest BCUT2D eigenvalue weighted by molar-refractivity contribution is 0.0474. The summed E-state index contributed by atoms with van der Waals surface area (Å²) in [5.74, 6) is 0.259. The first-order valence-corrected chi connectivity index (χ1v) is 13.1. The van der Waals surface area contributed by atoms with E-state index in [2.05, 4.69) is 15.0 Å². The summed E-state index contributed by atoms with van der Waals surface area (Å²) < 4.78 is 34.9. The van der Waals surface area contributed by atoms with E-state index >= 15 is 0 Å². The van der Waals surface area contributed by atoms with Crippen LogP contribution in [0.4, 0.5) is 4.79 Å². The number of ether oxygens (including phenoxy) is 1. The van der Waals surface area contributed by atoms with Crippen LogP contribution in [0.3, 0.4) is 0 Å². The monoisotopic (exact) mass is 483 g/mol. The maximum Gasteiger partial charge on any atom is 0.407 e. The highest BCUT2D eigenvalue weighted by Gasteiger charge is 2.53. The topological polar surface area (TPSA) is 97.4 Å². The molecular weight excluding hydrogens is 458 g/mol. The Kier molecular flexibility index (Phi) is 6.86. The van der Waals surface area contributed by atoms with Gasteiger partial charge < -0.3 is 10.1 Å². The minimum absolute atomic E-state index is 0.206. The smallest absolute Gasteiger partial charge is 0.407 e. The van der Waals surface area contributed by atoms with Gasteiger partial charge in [0.1, 0.15) is 10.8 Å². The van der Waals surface area contributed by atoms with Crippen LogP contribution in [-0.4, -0.2) is 38.7 Å². The molecule has 2 fully saturated rings. The van der Waals surface area contributed by atoms with Gasteiger partial charge in [0.15, 0.2) is 0 Å². The van der Waals surface area contributed by atoms with E-state index in [1.54, 1.807) is 12.3 Å². The maximum absolute atomic E-state index is 12.9. The molecule has 2 aliphatic rings. The van der Waals surface area contributed by atoms with Crippen LogP contribution in [0.25, 0.3) is 0 Å². The number of fused-ring (bicyclic) bond motifs is 2. The Bertz CT molecular complexity index is 1010. The van der Waals surface area contributed by atoms with Crippen LogP contribution in [-0.2, 0) is 21.2 Å². The number of aromatic nitrogens is 1. The zero-order valence-corrected chi connectivity index (χ0v) is 19.4. The van der Waals surface area contributed by atoms with Gasteiger partial charge in [-0.05, 0) is 55.9 Å². The molecule has 1 amide bonds. The molecule has 0 radical (unpaired) electrons. The molecule has 2 aromatic rings. The van der Waals surface area contributed by atoms with Crippen molar-refractivity contribution in [2.75, 3.05) is 13.2 Å². The van der Waals surface area contributed by atoms with E-state index in [0.717, 1.165) is 49.1 Å². The second-order valence-corrected chi connectivity index (χ2v) is 11.9. The number of halogens is 1. The quantitative estimate of drug-likeness (QED) is 0.591. The fourth-order valence-electron chi connectivity index (χ4n) is 4.82. The average Bonchev–Trinajstić information content (AvgIpc) is 3.25. The normalized spacial score (nSPS) is 25.3. The van der Waals surface area contributed by atoms with Gasteiger partial charge in [-0.25, -0.2) is 17.9 Å². The highest BCUT2D eigenvalue weighted by atomic mass is 35.5. The van der Waals surface area contributed by atoms with Crippen molar-refractivity contribution in [2.24, 2.45) is 11.3 Å². The predicted octanol–water partition coefficient (Wildman–Crippen LogP) is 3.99. The van der Waals surface area contributed by atoms with E-state index in [0.29, 0.717) is 17.3 Å². The zero-order valence-electron chi connectivity index (χ0n) is 17.1. The molecule has 0 aromatic carbocycles.